The predicted octanol–water partition coefficient (Wildman–Crippen LogP) is 1.82. The van der Waals surface area contributed by atoms with Gasteiger partial charge in [-0.05, 0) is 5.56 Å². The Hall–Kier alpha value is -2.01. The number of hydrogen-bond donors (Lipinski definition) is 2. The van der Waals surface area contributed by atoms with Crippen molar-refractivity contribution >= 4 is 5.78 Å². The summed E-state index contributed by atoms with van der Waals surface area (Å²) in [5.41, 5.74) is 1.51. The number of ketones is 1. The van der Waals surface area contributed by atoms with Crippen LogP contribution in [0, 0.1) is 5.21 Å². The van der Waals surface area contributed by atoms with Crippen LogP contribution < -0.4 is 5.23 Å². The van der Waals surface area contributed by atoms with E-state index in [0.717, 1.165) is 5.56 Å². The minimum atomic E-state index is -0.889. The Bertz CT molecular complexity index is 540. The largest absolute Gasteiger partial charge is 0.600 e. The van der Waals surface area contributed by atoms with Crippen molar-refractivity contribution in [3.05, 3.63) is 77.0 Å². The number of nitrogens with one attached hydrogen (secondary N) is 1. The summed E-state index contributed by atoms with van der Waals surface area (Å²) in [7, 11) is 0. The third-order valence-corrected chi connectivity index (χ3v) is 3.22. The lowest BCUT2D eigenvalue weighted by atomic mass is 9.91. The molecule has 0 aliphatic heterocycles. The minimum Gasteiger partial charge on any atom is -0.600 e. The quantitative estimate of drug-likeness (QED) is 0.622. The molecule has 0 amide bonds. The second-order valence-corrected chi connectivity index (χ2v) is 4.70. The maximum atomic E-state index is 12.2. The molecule has 20 heavy (non-hydrogen) atoms. The molecule has 0 fully saturated rings. The first-order chi connectivity index (χ1) is 9.66. The van der Waals surface area contributed by atoms with Gasteiger partial charge in [0.25, 0.3) is 0 Å². The molecule has 0 saturated carbocycles. The van der Waals surface area contributed by atoms with Gasteiger partial charge in [-0.1, -0.05) is 60.7 Å². The molecule has 0 bridgehead atoms. The molecule has 0 heterocycles. The van der Waals surface area contributed by atoms with Gasteiger partial charge in [0.2, 0.25) is 0 Å². The zero-order chi connectivity index (χ0) is 14.4. The van der Waals surface area contributed by atoms with Gasteiger partial charge in [-0.2, -0.15) is 0 Å². The smallest absolute Gasteiger partial charge is 0.163 e. The van der Waals surface area contributed by atoms with Gasteiger partial charge in [0.05, 0.1) is 0 Å². The van der Waals surface area contributed by atoms with Crippen LogP contribution in [-0.4, -0.2) is 17.5 Å². The second-order valence-electron chi connectivity index (χ2n) is 4.70. The van der Waals surface area contributed by atoms with Crippen LogP contribution in [0.1, 0.15) is 28.3 Å². The Morgan fingerprint density at radius 2 is 1.60 bits per heavy atom. The molecule has 1 unspecified atom stereocenters. The number of hydrogen-bond acceptors (Lipinski definition) is 3. The van der Waals surface area contributed by atoms with Gasteiger partial charge >= 0.3 is 0 Å². The van der Waals surface area contributed by atoms with Gasteiger partial charge in [0, 0.05) is 17.9 Å². The highest BCUT2D eigenvalue weighted by Gasteiger charge is 2.19. The minimum absolute atomic E-state index is 0.0271. The summed E-state index contributed by atoms with van der Waals surface area (Å²) >= 11 is 0. The predicted molar refractivity (Wildman–Crippen MR) is 75.6 cm³/mol. The molecule has 4 nitrogen and oxygen atoms in total. The summed E-state index contributed by atoms with van der Waals surface area (Å²) in [6.45, 7) is -0.0391. The monoisotopic (exact) mass is 271 g/mol. The highest BCUT2D eigenvalue weighted by molar-refractivity contribution is 5.96. The van der Waals surface area contributed by atoms with Crippen LogP contribution >= 0.6 is 0 Å². The highest BCUT2D eigenvalue weighted by Crippen LogP contribution is 2.20. The average molecular weight is 271 g/mol. The van der Waals surface area contributed by atoms with Crippen molar-refractivity contribution in [2.75, 3.05) is 6.54 Å². The van der Waals surface area contributed by atoms with Gasteiger partial charge in [-0.15, -0.1) is 0 Å². The zero-order valence-corrected chi connectivity index (χ0v) is 11.0. The lowest BCUT2D eigenvalue weighted by Gasteiger charge is -2.20. The Kier molecular flexibility index (Phi) is 5.01. The molecule has 2 N–H and O–H groups in total. The molecule has 0 spiro atoms. The summed E-state index contributed by atoms with van der Waals surface area (Å²) in [6, 6.07) is 18.3. The van der Waals surface area contributed by atoms with E-state index in [1.807, 2.05) is 48.5 Å². The summed E-state index contributed by atoms with van der Waals surface area (Å²) in [6.07, 6.45) is 0.209. The first kappa shape index (κ1) is 14.4. The maximum absolute atomic E-state index is 12.2. The summed E-state index contributed by atoms with van der Waals surface area (Å²) in [4.78, 5) is 12.2. The molecule has 2 rings (SSSR count). The Labute approximate surface area is 117 Å². The average Bonchev–Trinajstić information content (AvgIpc) is 2.48. The molecule has 0 saturated heterocycles. The van der Waals surface area contributed by atoms with Crippen LogP contribution in [0.5, 0.6) is 0 Å². The zero-order valence-electron chi connectivity index (χ0n) is 11.0. The van der Waals surface area contributed by atoms with E-state index in [1.165, 1.54) is 0 Å². The Balaban J connectivity index is 2.14. The van der Waals surface area contributed by atoms with E-state index in [-0.39, 0.29) is 24.7 Å². The van der Waals surface area contributed by atoms with Crippen molar-refractivity contribution in [3.8, 4) is 0 Å². The number of hydroxylamine groups is 2. The SMILES string of the molecule is O=C(C[C@@H](C[NH+]([O-])O)c1ccccc1)c1ccccc1. The fraction of sp³-hybridized carbons (Fsp3) is 0.188. The van der Waals surface area contributed by atoms with Crippen LogP contribution in [0.25, 0.3) is 0 Å². The third kappa shape index (κ3) is 3.99. The van der Waals surface area contributed by atoms with E-state index in [4.69, 9.17) is 5.21 Å². The van der Waals surface area contributed by atoms with Crippen molar-refractivity contribution in [2.45, 2.75) is 12.3 Å². The molecule has 2 atom stereocenters. The van der Waals surface area contributed by atoms with Gasteiger partial charge in [-0.25, -0.2) is 10.4 Å². The standard InChI is InChI=1S/C16H17NO3/c18-16(14-9-5-2-6-10-14)11-15(12-17(19)20)13-7-3-1-4-8-13/h1-10,15,17,19H,11-12H2/t15-/m0/s1. The fourth-order valence-electron chi connectivity index (χ4n) is 2.21. The van der Waals surface area contributed by atoms with Crippen LogP contribution in [-0.2, 0) is 0 Å². The van der Waals surface area contributed by atoms with Crippen LogP contribution in [0.15, 0.2) is 60.7 Å². The molecule has 0 aromatic heterocycles. The fourth-order valence-corrected chi connectivity index (χ4v) is 2.21. The second kappa shape index (κ2) is 6.96. The molecule has 0 aliphatic carbocycles. The van der Waals surface area contributed by atoms with Crippen molar-refractivity contribution in [1.29, 1.82) is 0 Å². The van der Waals surface area contributed by atoms with Crippen molar-refractivity contribution in [3.63, 3.8) is 0 Å². The molecule has 2 aromatic rings. The summed E-state index contributed by atoms with van der Waals surface area (Å²) < 4.78 is 0. The Morgan fingerprint density at radius 3 is 2.15 bits per heavy atom. The van der Waals surface area contributed by atoms with Gasteiger partial charge < -0.3 is 5.21 Å². The number of Topliss-reactive ketones (excluding diaryl/α,β-unsaturated/α-hetero) is 1. The van der Waals surface area contributed by atoms with Crippen molar-refractivity contribution < 1.29 is 15.2 Å². The van der Waals surface area contributed by atoms with Crippen molar-refractivity contribution in [2.24, 2.45) is 0 Å². The maximum Gasteiger partial charge on any atom is 0.163 e. The van der Waals surface area contributed by atoms with E-state index in [0.29, 0.717) is 5.56 Å². The highest BCUT2D eigenvalue weighted by atomic mass is 16.8. The van der Waals surface area contributed by atoms with E-state index in [2.05, 4.69) is 0 Å². The summed E-state index contributed by atoms with van der Waals surface area (Å²) in [5, 5.41) is 19.1. The molecule has 2 aromatic carbocycles. The molecule has 4 heteroatoms. The van der Waals surface area contributed by atoms with Gasteiger partial charge in [0.15, 0.2) is 5.78 Å². The molecule has 0 radical (unpaired) electrons. The number of carbonyl (C=O) groups excluding carboxylic acids is 1. The molecule has 104 valence electrons. The number of quaternary nitrogens is 1. The van der Waals surface area contributed by atoms with E-state index in [9.17, 15) is 10.0 Å². The van der Waals surface area contributed by atoms with Crippen LogP contribution in [0.4, 0.5) is 0 Å². The third-order valence-electron chi connectivity index (χ3n) is 3.22. The molecule has 0 aliphatic rings. The molecular weight excluding hydrogens is 254 g/mol. The molecular formula is C16H17NO3. The van der Waals surface area contributed by atoms with Crippen molar-refractivity contribution in [1.82, 2.24) is 0 Å². The van der Waals surface area contributed by atoms with E-state index >= 15 is 0 Å². The number of benzene rings is 2. The Morgan fingerprint density at radius 1 is 1.05 bits per heavy atom. The first-order valence-electron chi connectivity index (χ1n) is 6.52. The summed E-state index contributed by atoms with van der Waals surface area (Å²) in [5.74, 6) is -0.317. The first-order valence-corrected chi connectivity index (χ1v) is 6.52. The number of carbonyl (C=O) groups is 1. The normalized spacial score (nSPS) is 13.7. The number of rotatable bonds is 6. The van der Waals surface area contributed by atoms with Gasteiger partial charge in [0.1, 0.15) is 6.54 Å². The van der Waals surface area contributed by atoms with Crippen LogP contribution in [0.2, 0.25) is 0 Å². The van der Waals surface area contributed by atoms with E-state index < -0.39 is 5.23 Å². The topological polar surface area (TPSA) is 64.8 Å². The van der Waals surface area contributed by atoms with Gasteiger partial charge in [-0.3, -0.25) is 4.79 Å². The lowest BCUT2D eigenvalue weighted by molar-refractivity contribution is -1.05. The van der Waals surface area contributed by atoms with E-state index in [1.54, 1.807) is 12.1 Å². The van der Waals surface area contributed by atoms with Crippen LogP contribution in [0.3, 0.4) is 0 Å². The lowest BCUT2D eigenvalue weighted by Crippen LogP contribution is -3.05.